The standard InChI is InChI=1S/C29H32FN5O.C2HF3O2/c1-33(2)25-13-9-21(10-14-25)19-31-28(36)23-15-17-34(18-16-23)29-32-26-5-3-4-6-27(26)35(29)20-22-7-11-24(30)12-8-22;3-2(4,5)1(6)7/h3-14,23H,15-20H2,1-2H3,(H,31,36);(H,6,7). The van der Waals surface area contributed by atoms with Crippen LogP contribution in [0.4, 0.5) is 29.2 Å². The van der Waals surface area contributed by atoms with Crippen molar-refractivity contribution in [1.29, 1.82) is 0 Å². The van der Waals surface area contributed by atoms with Crippen molar-refractivity contribution in [2.24, 2.45) is 5.92 Å². The van der Waals surface area contributed by atoms with Gasteiger partial charge in [0, 0.05) is 45.3 Å². The van der Waals surface area contributed by atoms with Gasteiger partial charge in [-0.1, -0.05) is 36.4 Å². The summed E-state index contributed by atoms with van der Waals surface area (Å²) < 4.78 is 47.4. The zero-order valence-electron chi connectivity index (χ0n) is 23.8. The molecule has 2 heterocycles. The van der Waals surface area contributed by atoms with E-state index in [-0.39, 0.29) is 17.6 Å². The molecule has 1 aliphatic rings. The van der Waals surface area contributed by atoms with E-state index in [1.54, 1.807) is 0 Å². The number of aromatic nitrogens is 2. The van der Waals surface area contributed by atoms with E-state index in [1.807, 2.05) is 44.4 Å². The molecule has 1 amide bonds. The summed E-state index contributed by atoms with van der Waals surface area (Å²) in [6.45, 7) is 2.69. The fourth-order valence-electron chi connectivity index (χ4n) is 4.82. The number of carboxylic acid groups (broad SMARTS) is 1. The molecule has 0 radical (unpaired) electrons. The summed E-state index contributed by atoms with van der Waals surface area (Å²) in [6, 6.07) is 23.0. The maximum absolute atomic E-state index is 13.4. The molecule has 2 N–H and O–H groups in total. The van der Waals surface area contributed by atoms with E-state index in [0.717, 1.165) is 59.7 Å². The lowest BCUT2D eigenvalue weighted by Crippen LogP contribution is -2.41. The molecule has 1 aromatic heterocycles. The van der Waals surface area contributed by atoms with Gasteiger partial charge >= 0.3 is 12.1 Å². The Morgan fingerprint density at radius 2 is 1.53 bits per heavy atom. The number of imidazole rings is 1. The first kappa shape index (κ1) is 31.3. The maximum atomic E-state index is 13.4. The van der Waals surface area contributed by atoms with Gasteiger partial charge in [-0.15, -0.1) is 0 Å². The molecule has 0 saturated carbocycles. The minimum absolute atomic E-state index is 0.00257. The minimum Gasteiger partial charge on any atom is -0.475 e. The summed E-state index contributed by atoms with van der Waals surface area (Å²) in [5, 5.41) is 10.2. The lowest BCUT2D eigenvalue weighted by molar-refractivity contribution is -0.192. The number of nitrogens with one attached hydrogen (secondary N) is 1. The van der Waals surface area contributed by atoms with Crippen molar-refractivity contribution >= 4 is 34.5 Å². The fraction of sp³-hybridized carbons (Fsp3) is 0.323. The molecule has 0 unspecified atom stereocenters. The Kier molecular flexibility index (Phi) is 9.89. The Hall–Kier alpha value is -4.61. The van der Waals surface area contributed by atoms with Crippen LogP contribution >= 0.6 is 0 Å². The van der Waals surface area contributed by atoms with E-state index < -0.39 is 12.1 Å². The third-order valence-corrected chi connectivity index (χ3v) is 7.20. The smallest absolute Gasteiger partial charge is 0.475 e. The zero-order valence-corrected chi connectivity index (χ0v) is 23.8. The van der Waals surface area contributed by atoms with Gasteiger partial charge < -0.3 is 24.8 Å². The van der Waals surface area contributed by atoms with Crippen molar-refractivity contribution in [2.75, 3.05) is 37.0 Å². The van der Waals surface area contributed by atoms with Gasteiger partial charge in [-0.05, 0) is 60.4 Å². The number of alkyl halides is 3. The number of nitrogens with zero attached hydrogens (tertiary/aromatic N) is 4. The second kappa shape index (κ2) is 13.6. The van der Waals surface area contributed by atoms with Crippen LogP contribution in [-0.2, 0) is 22.7 Å². The predicted octanol–water partition coefficient (Wildman–Crippen LogP) is 5.46. The second-order valence-corrected chi connectivity index (χ2v) is 10.5. The highest BCUT2D eigenvalue weighted by Crippen LogP contribution is 2.28. The largest absolute Gasteiger partial charge is 0.490 e. The van der Waals surface area contributed by atoms with Gasteiger partial charge in [0.05, 0.1) is 17.6 Å². The number of hydrogen-bond acceptors (Lipinski definition) is 5. The number of para-hydroxylation sites is 2. The molecule has 12 heteroatoms. The number of aliphatic carboxylic acids is 1. The molecule has 1 aliphatic heterocycles. The molecular formula is C31H33F4N5O3. The quantitative estimate of drug-likeness (QED) is 0.275. The molecule has 0 aliphatic carbocycles. The summed E-state index contributed by atoms with van der Waals surface area (Å²) in [4.78, 5) is 31.0. The van der Waals surface area contributed by atoms with E-state index in [1.165, 1.54) is 12.1 Å². The van der Waals surface area contributed by atoms with Crippen molar-refractivity contribution in [3.63, 3.8) is 0 Å². The van der Waals surface area contributed by atoms with E-state index >= 15 is 0 Å². The number of fused-ring (bicyclic) bond motifs is 1. The number of hydrogen-bond donors (Lipinski definition) is 2. The Morgan fingerprint density at radius 3 is 2.12 bits per heavy atom. The molecule has 5 rings (SSSR count). The molecule has 1 fully saturated rings. The maximum Gasteiger partial charge on any atom is 0.490 e. The normalized spacial score (nSPS) is 13.8. The first-order chi connectivity index (χ1) is 20.4. The molecule has 8 nitrogen and oxygen atoms in total. The van der Waals surface area contributed by atoms with E-state index in [0.29, 0.717) is 13.1 Å². The number of carboxylic acids is 1. The van der Waals surface area contributed by atoms with Crippen molar-refractivity contribution in [1.82, 2.24) is 14.9 Å². The molecule has 3 aromatic carbocycles. The van der Waals surface area contributed by atoms with Crippen molar-refractivity contribution in [2.45, 2.75) is 32.1 Å². The number of carbonyl (C=O) groups is 2. The van der Waals surface area contributed by atoms with E-state index in [9.17, 15) is 22.4 Å². The lowest BCUT2D eigenvalue weighted by Gasteiger charge is -2.32. The molecule has 4 aromatic rings. The highest BCUT2D eigenvalue weighted by atomic mass is 19.4. The summed E-state index contributed by atoms with van der Waals surface area (Å²) >= 11 is 0. The van der Waals surface area contributed by atoms with Crippen LogP contribution in [0, 0.1) is 11.7 Å². The molecular weight excluding hydrogens is 566 g/mol. The van der Waals surface area contributed by atoms with Crippen LogP contribution in [-0.4, -0.2) is 59.9 Å². The Labute approximate surface area is 246 Å². The Balaban J connectivity index is 0.000000541. The molecule has 1 saturated heterocycles. The third-order valence-electron chi connectivity index (χ3n) is 7.20. The van der Waals surface area contributed by atoms with Crippen LogP contribution in [0.25, 0.3) is 11.0 Å². The molecule has 228 valence electrons. The topological polar surface area (TPSA) is 90.7 Å². The average Bonchev–Trinajstić information content (AvgIpc) is 3.35. The first-order valence-corrected chi connectivity index (χ1v) is 13.7. The lowest BCUT2D eigenvalue weighted by atomic mass is 9.96. The van der Waals surface area contributed by atoms with E-state index in [4.69, 9.17) is 14.9 Å². The number of carbonyl (C=O) groups excluding carboxylic acids is 1. The molecule has 0 spiro atoms. The van der Waals surface area contributed by atoms with Crippen LogP contribution in [0.3, 0.4) is 0 Å². The SMILES string of the molecule is CN(C)c1ccc(CNC(=O)C2CCN(c3nc4ccccc4n3Cc3ccc(F)cc3)CC2)cc1.O=C(O)C(F)(F)F. The van der Waals surface area contributed by atoms with Gasteiger partial charge in [0.25, 0.3) is 0 Å². The Bertz CT molecular complexity index is 1530. The highest BCUT2D eigenvalue weighted by molar-refractivity contribution is 5.80. The van der Waals surface area contributed by atoms with Crippen LogP contribution in [0.5, 0.6) is 0 Å². The summed E-state index contributed by atoms with van der Waals surface area (Å²) in [5.41, 5.74) is 5.25. The molecule has 43 heavy (non-hydrogen) atoms. The highest BCUT2D eigenvalue weighted by Gasteiger charge is 2.38. The van der Waals surface area contributed by atoms with Crippen LogP contribution < -0.4 is 15.1 Å². The van der Waals surface area contributed by atoms with Crippen LogP contribution in [0.15, 0.2) is 72.8 Å². The zero-order chi connectivity index (χ0) is 31.1. The number of anilines is 2. The van der Waals surface area contributed by atoms with Crippen molar-refractivity contribution in [3.8, 4) is 0 Å². The number of benzene rings is 3. The number of piperidine rings is 1. The van der Waals surface area contributed by atoms with Crippen LogP contribution in [0.1, 0.15) is 24.0 Å². The van der Waals surface area contributed by atoms with E-state index in [2.05, 4.69) is 50.0 Å². The Morgan fingerprint density at radius 1 is 0.953 bits per heavy atom. The average molecular weight is 600 g/mol. The molecule has 0 bridgehead atoms. The predicted molar refractivity (Wildman–Crippen MR) is 156 cm³/mol. The summed E-state index contributed by atoms with van der Waals surface area (Å²) in [6.07, 6.45) is -3.52. The van der Waals surface area contributed by atoms with Gasteiger partial charge in [-0.3, -0.25) is 4.79 Å². The third kappa shape index (κ3) is 8.24. The number of halogens is 4. The van der Waals surface area contributed by atoms with Gasteiger partial charge in [0.2, 0.25) is 11.9 Å². The van der Waals surface area contributed by atoms with Crippen molar-refractivity contribution in [3.05, 3.63) is 89.7 Å². The van der Waals surface area contributed by atoms with Crippen molar-refractivity contribution < 1.29 is 32.3 Å². The second-order valence-electron chi connectivity index (χ2n) is 10.5. The number of amides is 1. The van der Waals surface area contributed by atoms with Gasteiger partial charge in [0.15, 0.2) is 0 Å². The number of rotatable bonds is 7. The minimum atomic E-state index is -5.08. The van der Waals surface area contributed by atoms with Gasteiger partial charge in [-0.2, -0.15) is 13.2 Å². The first-order valence-electron chi connectivity index (χ1n) is 13.7. The van der Waals surface area contributed by atoms with Crippen LogP contribution in [0.2, 0.25) is 0 Å². The van der Waals surface area contributed by atoms with Gasteiger partial charge in [0.1, 0.15) is 5.82 Å². The fourth-order valence-corrected chi connectivity index (χ4v) is 4.82. The van der Waals surface area contributed by atoms with Gasteiger partial charge in [-0.25, -0.2) is 14.2 Å². The monoisotopic (exact) mass is 599 g/mol. The molecule has 0 atom stereocenters. The summed E-state index contributed by atoms with van der Waals surface area (Å²) in [7, 11) is 4.03. The summed E-state index contributed by atoms with van der Waals surface area (Å²) in [5.74, 6) is -1.98.